The third-order valence-electron chi connectivity index (χ3n) is 5.80. The van der Waals surface area contributed by atoms with Gasteiger partial charge in [-0.15, -0.1) is 0 Å². The number of thiazole rings is 1. The van der Waals surface area contributed by atoms with Gasteiger partial charge in [-0.3, -0.25) is 9.36 Å². The minimum atomic E-state index is -0.663. The van der Waals surface area contributed by atoms with Gasteiger partial charge >= 0.3 is 5.97 Å². The molecule has 0 aliphatic carbocycles. The number of benzene rings is 2. The summed E-state index contributed by atoms with van der Waals surface area (Å²) < 4.78 is 13.1. The Hall–Kier alpha value is -3.36. The molecule has 0 N–H and O–H groups in total. The van der Waals surface area contributed by atoms with E-state index >= 15 is 0 Å². The molecule has 1 aliphatic heterocycles. The lowest BCUT2D eigenvalue weighted by Crippen LogP contribution is -2.40. The normalized spacial score (nSPS) is 15.4. The van der Waals surface area contributed by atoms with Crippen LogP contribution in [0.5, 0.6) is 5.75 Å². The number of aromatic nitrogens is 1. The van der Waals surface area contributed by atoms with Crippen molar-refractivity contribution < 1.29 is 14.3 Å². The predicted octanol–water partition coefficient (Wildman–Crippen LogP) is 3.92. The van der Waals surface area contributed by atoms with E-state index in [9.17, 15) is 9.59 Å². The van der Waals surface area contributed by atoms with Gasteiger partial charge in [0.05, 0.1) is 35.1 Å². The Morgan fingerprint density at radius 2 is 1.89 bits per heavy atom. The molecule has 2 heterocycles. The molecule has 0 amide bonds. The van der Waals surface area contributed by atoms with Gasteiger partial charge in [0.2, 0.25) is 0 Å². The van der Waals surface area contributed by atoms with Crippen LogP contribution < -0.4 is 24.5 Å². The fourth-order valence-electron chi connectivity index (χ4n) is 4.12. The van der Waals surface area contributed by atoms with Gasteiger partial charge in [-0.25, -0.2) is 9.79 Å². The highest BCUT2D eigenvalue weighted by Gasteiger charge is 2.33. The smallest absolute Gasteiger partial charge is 0.338 e. The summed E-state index contributed by atoms with van der Waals surface area (Å²) in [7, 11) is 3.91. The first-order valence-corrected chi connectivity index (χ1v) is 12.8. The van der Waals surface area contributed by atoms with Gasteiger partial charge in [0, 0.05) is 30.4 Å². The Morgan fingerprint density at radius 3 is 2.53 bits per heavy atom. The molecule has 4 rings (SSSR count). The number of nitrogens with zero attached hydrogens (tertiary/aromatic N) is 3. The van der Waals surface area contributed by atoms with E-state index in [1.165, 1.54) is 11.3 Å². The van der Waals surface area contributed by atoms with Crippen LogP contribution in [0.25, 0.3) is 6.08 Å². The maximum atomic E-state index is 13.8. The molecule has 0 radical (unpaired) electrons. The Labute approximate surface area is 218 Å². The fourth-order valence-corrected chi connectivity index (χ4v) is 5.34. The molecule has 188 valence electrons. The molecule has 0 bridgehead atoms. The molecule has 3 aromatic rings. The lowest BCUT2D eigenvalue weighted by molar-refractivity contribution is -0.139. The zero-order valence-electron chi connectivity index (χ0n) is 20.9. The van der Waals surface area contributed by atoms with Gasteiger partial charge in [-0.1, -0.05) is 35.1 Å². The van der Waals surface area contributed by atoms with Gasteiger partial charge in [-0.2, -0.15) is 0 Å². The Morgan fingerprint density at radius 1 is 1.17 bits per heavy atom. The zero-order chi connectivity index (χ0) is 26.0. The van der Waals surface area contributed by atoms with E-state index in [1.807, 2.05) is 50.2 Å². The number of carbonyl (C=O) groups excluding carboxylic acids is 1. The first-order chi connectivity index (χ1) is 17.2. The Balaban J connectivity index is 1.94. The number of rotatable bonds is 7. The second-order valence-corrected chi connectivity index (χ2v) is 9.85. The van der Waals surface area contributed by atoms with Crippen LogP contribution in [0, 0.1) is 0 Å². The molecule has 1 aliphatic rings. The van der Waals surface area contributed by atoms with Gasteiger partial charge in [0.25, 0.3) is 5.56 Å². The van der Waals surface area contributed by atoms with E-state index in [0.717, 1.165) is 11.3 Å². The number of ether oxygens (including phenoxy) is 2. The average molecular weight is 526 g/mol. The summed E-state index contributed by atoms with van der Waals surface area (Å²) in [6.45, 7) is 6.13. The van der Waals surface area contributed by atoms with Crippen LogP contribution >= 0.6 is 22.9 Å². The SMILES string of the molecule is CCOC(=O)C1=C(C)N=c2s/c(=C\c3cc(Cl)ccc3OCC)c(=O)n2[C@@H]1c1ccc(N(C)C)cc1. The van der Waals surface area contributed by atoms with Crippen molar-refractivity contribution in [2.75, 3.05) is 32.2 Å². The standard InChI is InChI=1S/C27H28ClN3O4S/c1-6-34-21-13-10-19(28)14-18(21)15-22-25(32)31-24(17-8-11-20(12-9-17)30(4)5)23(26(33)35-7-2)16(3)29-27(31)36-22/h8-15,24H,6-7H2,1-5H3/b22-15-/t24-/m1/s1. The predicted molar refractivity (Wildman–Crippen MR) is 144 cm³/mol. The molecule has 0 unspecified atom stereocenters. The molecular weight excluding hydrogens is 498 g/mol. The van der Waals surface area contributed by atoms with Crippen LogP contribution in [0.4, 0.5) is 5.69 Å². The molecule has 0 saturated heterocycles. The van der Waals surface area contributed by atoms with Crippen LogP contribution in [-0.4, -0.2) is 37.8 Å². The van der Waals surface area contributed by atoms with Crippen LogP contribution in [-0.2, 0) is 9.53 Å². The van der Waals surface area contributed by atoms with Crippen molar-refractivity contribution in [3.05, 3.63) is 89.6 Å². The molecule has 1 atom stereocenters. The minimum Gasteiger partial charge on any atom is -0.493 e. The summed E-state index contributed by atoms with van der Waals surface area (Å²) in [6, 6.07) is 12.4. The highest BCUT2D eigenvalue weighted by molar-refractivity contribution is 7.07. The Kier molecular flexibility index (Phi) is 7.66. The van der Waals surface area contributed by atoms with E-state index in [0.29, 0.717) is 43.5 Å². The number of esters is 1. The molecule has 0 saturated carbocycles. The highest BCUT2D eigenvalue weighted by atomic mass is 35.5. The quantitative estimate of drug-likeness (QED) is 0.437. The van der Waals surface area contributed by atoms with Gasteiger partial charge in [-0.05, 0) is 62.7 Å². The summed E-state index contributed by atoms with van der Waals surface area (Å²) in [4.78, 5) is 34.0. The van der Waals surface area contributed by atoms with E-state index < -0.39 is 12.0 Å². The zero-order valence-corrected chi connectivity index (χ0v) is 22.4. The van der Waals surface area contributed by atoms with Gasteiger partial charge < -0.3 is 14.4 Å². The minimum absolute atomic E-state index is 0.224. The van der Waals surface area contributed by atoms with Crippen molar-refractivity contribution in [2.45, 2.75) is 26.8 Å². The van der Waals surface area contributed by atoms with Crippen LogP contribution in [0.2, 0.25) is 5.02 Å². The average Bonchev–Trinajstić information content (AvgIpc) is 3.14. The molecule has 0 fully saturated rings. The molecule has 1 aromatic heterocycles. The third kappa shape index (κ3) is 4.96. The van der Waals surface area contributed by atoms with Crippen molar-refractivity contribution in [3.63, 3.8) is 0 Å². The van der Waals surface area contributed by atoms with Crippen molar-refractivity contribution in [2.24, 2.45) is 4.99 Å². The third-order valence-corrected chi connectivity index (χ3v) is 7.02. The fraction of sp³-hybridized carbons (Fsp3) is 0.296. The van der Waals surface area contributed by atoms with E-state index in [1.54, 1.807) is 42.7 Å². The van der Waals surface area contributed by atoms with E-state index in [2.05, 4.69) is 4.99 Å². The van der Waals surface area contributed by atoms with Crippen molar-refractivity contribution >= 4 is 40.7 Å². The van der Waals surface area contributed by atoms with Gasteiger partial charge in [0.1, 0.15) is 5.75 Å². The lowest BCUT2D eigenvalue weighted by Gasteiger charge is -2.25. The maximum Gasteiger partial charge on any atom is 0.338 e. The molecule has 36 heavy (non-hydrogen) atoms. The van der Waals surface area contributed by atoms with Gasteiger partial charge in [0.15, 0.2) is 4.80 Å². The van der Waals surface area contributed by atoms with Crippen LogP contribution in [0.1, 0.15) is 37.9 Å². The highest BCUT2D eigenvalue weighted by Crippen LogP contribution is 2.31. The number of fused-ring (bicyclic) bond motifs is 1. The first-order valence-electron chi connectivity index (χ1n) is 11.6. The summed E-state index contributed by atoms with van der Waals surface area (Å²) >= 11 is 7.49. The topological polar surface area (TPSA) is 73.1 Å². The number of allylic oxidation sites excluding steroid dienone is 1. The number of anilines is 1. The van der Waals surface area contributed by atoms with Crippen molar-refractivity contribution in [1.82, 2.24) is 4.57 Å². The maximum absolute atomic E-state index is 13.8. The molecule has 7 nitrogen and oxygen atoms in total. The summed E-state index contributed by atoms with van der Waals surface area (Å²) in [6.07, 6.45) is 1.76. The largest absolute Gasteiger partial charge is 0.493 e. The van der Waals surface area contributed by atoms with E-state index in [-0.39, 0.29) is 12.2 Å². The van der Waals surface area contributed by atoms with Crippen LogP contribution in [0.15, 0.2) is 63.5 Å². The van der Waals surface area contributed by atoms with E-state index in [4.69, 9.17) is 21.1 Å². The first kappa shape index (κ1) is 25.7. The lowest BCUT2D eigenvalue weighted by atomic mass is 9.95. The number of hydrogen-bond acceptors (Lipinski definition) is 7. The summed E-state index contributed by atoms with van der Waals surface area (Å²) in [5.74, 6) is 0.148. The van der Waals surface area contributed by atoms with Crippen LogP contribution in [0.3, 0.4) is 0 Å². The number of halogens is 1. The number of carbonyl (C=O) groups is 1. The second kappa shape index (κ2) is 10.7. The number of hydrogen-bond donors (Lipinski definition) is 0. The van der Waals surface area contributed by atoms with Crippen molar-refractivity contribution in [3.8, 4) is 5.75 Å². The Bertz CT molecular complexity index is 1500. The van der Waals surface area contributed by atoms with Crippen molar-refractivity contribution in [1.29, 1.82) is 0 Å². The molecule has 0 spiro atoms. The molecular formula is C27H28ClN3O4S. The summed E-state index contributed by atoms with van der Waals surface area (Å²) in [5, 5.41) is 0.539. The summed E-state index contributed by atoms with van der Waals surface area (Å²) in [5.41, 5.74) is 3.13. The second-order valence-electron chi connectivity index (χ2n) is 8.40. The monoisotopic (exact) mass is 525 g/mol. The molecule has 9 heteroatoms. The molecule has 2 aromatic carbocycles.